The van der Waals surface area contributed by atoms with Crippen molar-refractivity contribution >= 4 is 10.0 Å². The van der Waals surface area contributed by atoms with Crippen LogP contribution in [0.5, 0.6) is 5.75 Å². The lowest BCUT2D eigenvalue weighted by molar-refractivity contribution is -0.274. The number of ether oxygens (including phenoxy) is 1. The lowest BCUT2D eigenvalue weighted by atomic mass is 9.88. The molecule has 0 amide bonds. The van der Waals surface area contributed by atoms with E-state index in [0.29, 0.717) is 5.92 Å². The summed E-state index contributed by atoms with van der Waals surface area (Å²) in [6, 6.07) is 4.08. The van der Waals surface area contributed by atoms with Gasteiger partial charge in [-0.25, -0.2) is 13.1 Å². The van der Waals surface area contributed by atoms with Gasteiger partial charge in [0.05, 0.1) is 4.90 Å². The van der Waals surface area contributed by atoms with Gasteiger partial charge in [-0.05, 0) is 55.9 Å². The fraction of sp³-hybridized carbons (Fsp3) is 0.571. The zero-order valence-corrected chi connectivity index (χ0v) is 12.9. The van der Waals surface area contributed by atoms with Crippen LogP contribution in [0.1, 0.15) is 32.6 Å². The van der Waals surface area contributed by atoms with E-state index in [9.17, 15) is 21.6 Å². The first-order valence-corrected chi connectivity index (χ1v) is 8.52. The normalized spacial score (nSPS) is 23.3. The minimum Gasteiger partial charge on any atom is -0.406 e. The molecule has 0 atom stereocenters. The maximum Gasteiger partial charge on any atom is 0.573 e. The van der Waals surface area contributed by atoms with Crippen LogP contribution in [0.3, 0.4) is 0 Å². The van der Waals surface area contributed by atoms with E-state index in [2.05, 4.69) is 16.4 Å². The topological polar surface area (TPSA) is 55.4 Å². The third-order valence-electron chi connectivity index (χ3n) is 3.71. The summed E-state index contributed by atoms with van der Waals surface area (Å²) < 4.78 is 66.9. The van der Waals surface area contributed by atoms with Gasteiger partial charge >= 0.3 is 6.36 Å². The van der Waals surface area contributed by atoms with Crippen molar-refractivity contribution in [1.82, 2.24) is 4.72 Å². The molecule has 0 bridgehead atoms. The van der Waals surface area contributed by atoms with Gasteiger partial charge in [0, 0.05) is 6.04 Å². The van der Waals surface area contributed by atoms with Crippen LogP contribution in [-0.2, 0) is 10.0 Å². The van der Waals surface area contributed by atoms with Crippen LogP contribution in [0.2, 0.25) is 0 Å². The Morgan fingerprint density at radius 1 is 1.09 bits per heavy atom. The largest absolute Gasteiger partial charge is 0.573 e. The van der Waals surface area contributed by atoms with Gasteiger partial charge in [0.15, 0.2) is 0 Å². The van der Waals surface area contributed by atoms with Crippen LogP contribution < -0.4 is 9.46 Å². The fourth-order valence-electron chi connectivity index (χ4n) is 2.49. The first-order chi connectivity index (χ1) is 10.2. The molecule has 1 aliphatic rings. The van der Waals surface area contributed by atoms with Crippen LogP contribution in [0.25, 0.3) is 0 Å². The average molecular weight is 337 g/mol. The molecule has 1 saturated carbocycles. The van der Waals surface area contributed by atoms with Crippen LogP contribution in [0.15, 0.2) is 29.2 Å². The molecule has 0 spiro atoms. The van der Waals surface area contributed by atoms with Gasteiger partial charge in [-0.1, -0.05) is 6.92 Å². The van der Waals surface area contributed by atoms with E-state index in [1.165, 1.54) is 0 Å². The number of halogens is 3. The molecular weight excluding hydrogens is 319 g/mol. The Morgan fingerprint density at radius 3 is 2.14 bits per heavy atom. The van der Waals surface area contributed by atoms with Gasteiger partial charge in [-0.3, -0.25) is 0 Å². The summed E-state index contributed by atoms with van der Waals surface area (Å²) in [6.07, 6.45) is -1.32. The second-order valence-electron chi connectivity index (χ2n) is 5.60. The molecule has 1 N–H and O–H groups in total. The SMILES string of the molecule is CC1CCC(NS(=O)(=O)c2ccc(OC(F)(F)F)cc2)CC1. The summed E-state index contributed by atoms with van der Waals surface area (Å²) in [6.45, 7) is 2.13. The highest BCUT2D eigenvalue weighted by Gasteiger charge is 2.31. The van der Waals surface area contributed by atoms with Gasteiger partial charge in [0.25, 0.3) is 0 Å². The lowest BCUT2D eigenvalue weighted by Gasteiger charge is -2.26. The van der Waals surface area contributed by atoms with E-state index >= 15 is 0 Å². The average Bonchev–Trinajstić information content (AvgIpc) is 2.40. The predicted octanol–water partition coefficient (Wildman–Crippen LogP) is 3.44. The highest BCUT2D eigenvalue weighted by atomic mass is 32.2. The number of rotatable bonds is 4. The number of alkyl halides is 3. The first kappa shape index (κ1) is 17.1. The number of sulfonamides is 1. The maximum absolute atomic E-state index is 12.2. The second kappa shape index (κ2) is 6.45. The monoisotopic (exact) mass is 337 g/mol. The molecule has 0 aliphatic heterocycles. The molecule has 1 aromatic rings. The summed E-state index contributed by atoms with van der Waals surface area (Å²) in [5.41, 5.74) is 0. The van der Waals surface area contributed by atoms with Gasteiger partial charge in [0.2, 0.25) is 10.0 Å². The number of hydrogen-bond donors (Lipinski definition) is 1. The smallest absolute Gasteiger partial charge is 0.406 e. The summed E-state index contributed by atoms with van der Waals surface area (Å²) in [4.78, 5) is -0.0688. The molecule has 1 aromatic carbocycles. The van der Waals surface area contributed by atoms with Crippen molar-refractivity contribution in [2.75, 3.05) is 0 Å². The van der Waals surface area contributed by atoms with Crippen LogP contribution >= 0.6 is 0 Å². The van der Waals surface area contributed by atoms with Crippen molar-refractivity contribution in [2.45, 2.75) is 49.9 Å². The van der Waals surface area contributed by atoms with Crippen LogP contribution in [0.4, 0.5) is 13.2 Å². The van der Waals surface area contributed by atoms with Gasteiger partial charge in [-0.2, -0.15) is 0 Å². The van der Waals surface area contributed by atoms with E-state index in [0.717, 1.165) is 49.9 Å². The highest BCUT2D eigenvalue weighted by Crippen LogP contribution is 2.26. The Bertz CT molecular complexity index is 591. The molecule has 2 rings (SSSR count). The molecular formula is C14H18F3NO3S. The highest BCUT2D eigenvalue weighted by molar-refractivity contribution is 7.89. The van der Waals surface area contributed by atoms with Gasteiger partial charge in [-0.15, -0.1) is 13.2 Å². The van der Waals surface area contributed by atoms with Crippen LogP contribution in [-0.4, -0.2) is 20.8 Å². The Balaban J connectivity index is 2.03. The van der Waals surface area contributed by atoms with Crippen molar-refractivity contribution in [2.24, 2.45) is 5.92 Å². The maximum atomic E-state index is 12.2. The molecule has 124 valence electrons. The second-order valence-corrected chi connectivity index (χ2v) is 7.31. The Kier molecular flexibility index (Phi) is 5.01. The molecule has 0 radical (unpaired) electrons. The number of nitrogens with one attached hydrogen (secondary N) is 1. The standard InChI is InChI=1S/C14H18F3NO3S/c1-10-2-4-11(5-3-10)18-22(19,20)13-8-6-12(7-9-13)21-14(15,16)17/h6-11,18H,2-5H2,1H3. The molecule has 4 nitrogen and oxygen atoms in total. The van der Waals surface area contributed by atoms with E-state index in [1.807, 2.05) is 0 Å². The molecule has 22 heavy (non-hydrogen) atoms. The van der Waals surface area contributed by atoms with Crippen LogP contribution in [0, 0.1) is 5.92 Å². The molecule has 1 aliphatic carbocycles. The van der Waals surface area contributed by atoms with Gasteiger partial charge in [0.1, 0.15) is 5.75 Å². The zero-order chi connectivity index (χ0) is 16.4. The van der Waals surface area contributed by atoms with Gasteiger partial charge < -0.3 is 4.74 Å². The molecule has 0 saturated heterocycles. The summed E-state index contributed by atoms with van der Waals surface area (Å²) in [5, 5.41) is 0. The van der Waals surface area contributed by atoms with Crippen molar-refractivity contribution in [3.05, 3.63) is 24.3 Å². The van der Waals surface area contributed by atoms with E-state index in [1.54, 1.807) is 0 Å². The Hall–Kier alpha value is -1.28. The predicted molar refractivity (Wildman–Crippen MR) is 74.9 cm³/mol. The molecule has 0 unspecified atom stereocenters. The minimum absolute atomic E-state index is 0.0688. The zero-order valence-electron chi connectivity index (χ0n) is 12.1. The van der Waals surface area contributed by atoms with Crippen molar-refractivity contribution < 1.29 is 26.3 Å². The molecule has 1 fully saturated rings. The molecule has 0 heterocycles. The van der Waals surface area contributed by atoms with E-state index in [-0.39, 0.29) is 10.9 Å². The summed E-state index contributed by atoms with van der Waals surface area (Å²) >= 11 is 0. The lowest BCUT2D eigenvalue weighted by Crippen LogP contribution is -2.37. The quantitative estimate of drug-likeness (QED) is 0.916. The Labute approximate surface area is 127 Å². The summed E-state index contributed by atoms with van der Waals surface area (Å²) in [5.74, 6) is 0.150. The third-order valence-corrected chi connectivity index (χ3v) is 5.24. The fourth-order valence-corrected chi connectivity index (χ4v) is 3.79. The minimum atomic E-state index is -4.79. The Morgan fingerprint density at radius 2 is 1.64 bits per heavy atom. The first-order valence-electron chi connectivity index (χ1n) is 7.04. The van der Waals surface area contributed by atoms with E-state index < -0.39 is 22.1 Å². The third kappa shape index (κ3) is 4.88. The van der Waals surface area contributed by atoms with E-state index in [4.69, 9.17) is 0 Å². The number of hydrogen-bond acceptors (Lipinski definition) is 3. The molecule has 0 aromatic heterocycles. The van der Waals surface area contributed by atoms with Crippen molar-refractivity contribution in [3.63, 3.8) is 0 Å². The number of benzene rings is 1. The van der Waals surface area contributed by atoms with Crippen molar-refractivity contribution in [3.8, 4) is 5.75 Å². The molecule has 8 heteroatoms. The van der Waals surface area contributed by atoms with Crippen molar-refractivity contribution in [1.29, 1.82) is 0 Å². The summed E-state index contributed by atoms with van der Waals surface area (Å²) in [7, 11) is -3.72.